The summed E-state index contributed by atoms with van der Waals surface area (Å²) in [5.74, 6) is 3.11. The number of methoxy groups -OCH3 is 1. The average Bonchev–Trinajstić information content (AvgIpc) is 3.20. The molecule has 0 aliphatic heterocycles. The predicted molar refractivity (Wildman–Crippen MR) is 105 cm³/mol. The Kier molecular flexibility index (Phi) is 8.51. The first-order valence-corrected chi connectivity index (χ1v) is 7.98. The number of guanidine groups is 1. The van der Waals surface area contributed by atoms with E-state index in [0.29, 0.717) is 12.6 Å². The maximum absolute atomic E-state index is 5.92. The number of para-hydroxylation sites is 2. The van der Waals surface area contributed by atoms with Crippen LogP contribution in [0.3, 0.4) is 0 Å². The van der Waals surface area contributed by atoms with Crippen LogP contribution in [0.2, 0.25) is 0 Å². The van der Waals surface area contributed by atoms with Crippen molar-refractivity contribution < 1.29 is 9.47 Å². The van der Waals surface area contributed by atoms with Gasteiger partial charge in [0.15, 0.2) is 17.5 Å². The van der Waals surface area contributed by atoms with Crippen LogP contribution in [0.25, 0.3) is 0 Å². The van der Waals surface area contributed by atoms with Gasteiger partial charge in [0, 0.05) is 12.6 Å². The van der Waals surface area contributed by atoms with Crippen LogP contribution in [-0.2, 0) is 0 Å². The lowest BCUT2D eigenvalue weighted by Gasteiger charge is -2.16. The van der Waals surface area contributed by atoms with Crippen molar-refractivity contribution in [3.63, 3.8) is 0 Å². The number of hydrogen-bond donors (Lipinski definition) is 2. The standard InChI is InChI=1S/C17H27N3O2.HI/c1-5-18-17(20-14-10-12(14)2)19-11-13(3)22-16-9-7-6-8-15(16)21-4;/h6-9,12-14H,5,10-11H2,1-4H3,(H2,18,19,20);1H. The molecule has 2 N–H and O–H groups in total. The molecule has 0 saturated heterocycles. The molecule has 1 saturated carbocycles. The van der Waals surface area contributed by atoms with Crippen molar-refractivity contribution in [1.29, 1.82) is 0 Å². The molecule has 3 unspecified atom stereocenters. The fourth-order valence-corrected chi connectivity index (χ4v) is 2.21. The molecule has 1 aliphatic carbocycles. The molecule has 0 radical (unpaired) electrons. The summed E-state index contributed by atoms with van der Waals surface area (Å²) in [7, 11) is 1.65. The quantitative estimate of drug-likeness (QED) is 0.395. The molecule has 6 heteroatoms. The second-order valence-electron chi connectivity index (χ2n) is 5.76. The minimum absolute atomic E-state index is 0. The first-order chi connectivity index (χ1) is 10.6. The highest BCUT2D eigenvalue weighted by atomic mass is 127. The molecule has 0 spiro atoms. The van der Waals surface area contributed by atoms with Gasteiger partial charge in [0.05, 0.1) is 13.7 Å². The Bertz CT molecular complexity index is 510. The molecule has 2 rings (SSSR count). The van der Waals surface area contributed by atoms with E-state index in [1.165, 1.54) is 6.42 Å². The van der Waals surface area contributed by atoms with Crippen LogP contribution in [0.5, 0.6) is 11.5 Å². The van der Waals surface area contributed by atoms with Crippen LogP contribution < -0.4 is 20.1 Å². The van der Waals surface area contributed by atoms with Gasteiger partial charge in [-0.3, -0.25) is 0 Å². The Morgan fingerprint density at radius 3 is 2.57 bits per heavy atom. The number of hydrogen-bond acceptors (Lipinski definition) is 3. The molecule has 5 nitrogen and oxygen atoms in total. The first-order valence-electron chi connectivity index (χ1n) is 7.98. The largest absolute Gasteiger partial charge is 0.493 e. The van der Waals surface area contributed by atoms with E-state index in [1.807, 2.05) is 31.2 Å². The van der Waals surface area contributed by atoms with Gasteiger partial charge in [-0.2, -0.15) is 0 Å². The normalized spacial score (nSPS) is 21.0. The summed E-state index contributed by atoms with van der Waals surface area (Å²) in [4.78, 5) is 4.61. The third-order valence-corrected chi connectivity index (χ3v) is 3.68. The maximum Gasteiger partial charge on any atom is 0.191 e. The van der Waals surface area contributed by atoms with Gasteiger partial charge >= 0.3 is 0 Å². The fraction of sp³-hybridized carbons (Fsp3) is 0.588. The van der Waals surface area contributed by atoms with Crippen LogP contribution in [0.1, 0.15) is 27.2 Å². The Hall–Kier alpha value is -1.18. The van der Waals surface area contributed by atoms with Crippen LogP contribution >= 0.6 is 24.0 Å². The van der Waals surface area contributed by atoms with Crippen molar-refractivity contribution in [1.82, 2.24) is 10.6 Å². The molecule has 23 heavy (non-hydrogen) atoms. The number of halogens is 1. The van der Waals surface area contributed by atoms with E-state index in [2.05, 4.69) is 29.5 Å². The van der Waals surface area contributed by atoms with Crippen molar-refractivity contribution in [3.8, 4) is 11.5 Å². The minimum Gasteiger partial charge on any atom is -0.493 e. The van der Waals surface area contributed by atoms with E-state index < -0.39 is 0 Å². The highest BCUT2D eigenvalue weighted by Crippen LogP contribution is 2.29. The van der Waals surface area contributed by atoms with Crippen LogP contribution in [0, 0.1) is 5.92 Å². The SMILES string of the molecule is CCNC(=NCC(C)Oc1ccccc1OC)NC1CC1C.I. The molecule has 1 fully saturated rings. The molecule has 0 heterocycles. The van der Waals surface area contributed by atoms with Crippen molar-refractivity contribution >= 4 is 29.9 Å². The van der Waals surface area contributed by atoms with Crippen LogP contribution in [0.15, 0.2) is 29.3 Å². The van der Waals surface area contributed by atoms with Crippen molar-refractivity contribution in [2.24, 2.45) is 10.9 Å². The molecule has 1 aromatic rings. The lowest BCUT2D eigenvalue weighted by Crippen LogP contribution is -2.39. The van der Waals surface area contributed by atoms with E-state index in [-0.39, 0.29) is 30.1 Å². The van der Waals surface area contributed by atoms with Crippen molar-refractivity contribution in [2.45, 2.75) is 39.3 Å². The zero-order valence-corrected chi connectivity index (χ0v) is 16.7. The first kappa shape index (κ1) is 19.9. The summed E-state index contributed by atoms with van der Waals surface area (Å²) >= 11 is 0. The molecular weight excluding hydrogens is 405 g/mol. The Morgan fingerprint density at radius 1 is 1.35 bits per heavy atom. The third-order valence-electron chi connectivity index (χ3n) is 3.68. The molecule has 0 aromatic heterocycles. The lowest BCUT2D eigenvalue weighted by atomic mass is 10.3. The average molecular weight is 433 g/mol. The maximum atomic E-state index is 5.92. The lowest BCUT2D eigenvalue weighted by molar-refractivity contribution is 0.219. The van der Waals surface area contributed by atoms with Crippen LogP contribution in [0.4, 0.5) is 0 Å². The highest BCUT2D eigenvalue weighted by Gasteiger charge is 2.33. The van der Waals surface area contributed by atoms with Gasteiger partial charge in [-0.05, 0) is 38.3 Å². The summed E-state index contributed by atoms with van der Waals surface area (Å²) in [6.45, 7) is 7.78. The summed E-state index contributed by atoms with van der Waals surface area (Å²) in [6.07, 6.45) is 1.20. The number of rotatable bonds is 7. The molecular formula is C17H28IN3O2. The second kappa shape index (κ2) is 9.85. The highest BCUT2D eigenvalue weighted by molar-refractivity contribution is 14.0. The topological polar surface area (TPSA) is 54.9 Å². The zero-order chi connectivity index (χ0) is 15.9. The number of aliphatic imine (C=N–C) groups is 1. The monoisotopic (exact) mass is 433 g/mol. The van der Waals surface area contributed by atoms with Gasteiger partial charge in [-0.1, -0.05) is 19.1 Å². The summed E-state index contributed by atoms with van der Waals surface area (Å²) in [5.41, 5.74) is 0. The fourth-order valence-electron chi connectivity index (χ4n) is 2.21. The van der Waals surface area contributed by atoms with E-state index in [4.69, 9.17) is 9.47 Å². The Labute approximate surface area is 156 Å². The Balaban J connectivity index is 0.00000264. The van der Waals surface area contributed by atoms with Crippen molar-refractivity contribution in [2.75, 3.05) is 20.2 Å². The number of benzene rings is 1. The molecule has 1 aromatic carbocycles. The smallest absolute Gasteiger partial charge is 0.191 e. The van der Waals surface area contributed by atoms with Gasteiger partial charge in [-0.25, -0.2) is 4.99 Å². The second-order valence-corrected chi connectivity index (χ2v) is 5.76. The van der Waals surface area contributed by atoms with E-state index in [0.717, 1.165) is 29.9 Å². The molecule has 0 bridgehead atoms. The summed E-state index contributed by atoms with van der Waals surface area (Å²) in [5, 5.41) is 6.72. The van der Waals surface area contributed by atoms with E-state index >= 15 is 0 Å². The van der Waals surface area contributed by atoms with E-state index in [1.54, 1.807) is 7.11 Å². The van der Waals surface area contributed by atoms with Gasteiger partial charge in [0.25, 0.3) is 0 Å². The molecule has 0 amide bonds. The number of nitrogens with one attached hydrogen (secondary N) is 2. The minimum atomic E-state index is -0.0246. The number of ether oxygens (including phenoxy) is 2. The van der Waals surface area contributed by atoms with Crippen LogP contribution in [-0.4, -0.2) is 38.3 Å². The molecule has 1 aliphatic rings. The van der Waals surface area contributed by atoms with Gasteiger partial charge in [-0.15, -0.1) is 24.0 Å². The molecule has 3 atom stereocenters. The Morgan fingerprint density at radius 2 is 2.00 bits per heavy atom. The van der Waals surface area contributed by atoms with Gasteiger partial charge < -0.3 is 20.1 Å². The summed E-state index contributed by atoms with van der Waals surface area (Å²) < 4.78 is 11.2. The number of nitrogens with zero attached hydrogens (tertiary/aromatic N) is 1. The molecule has 130 valence electrons. The van der Waals surface area contributed by atoms with Crippen molar-refractivity contribution in [3.05, 3.63) is 24.3 Å². The zero-order valence-electron chi connectivity index (χ0n) is 14.3. The third kappa shape index (κ3) is 6.45. The summed E-state index contributed by atoms with van der Waals surface area (Å²) in [6, 6.07) is 8.23. The van der Waals surface area contributed by atoms with Gasteiger partial charge in [0.2, 0.25) is 0 Å². The van der Waals surface area contributed by atoms with Gasteiger partial charge in [0.1, 0.15) is 6.10 Å². The predicted octanol–water partition coefficient (Wildman–Crippen LogP) is 3.04. The van der Waals surface area contributed by atoms with E-state index in [9.17, 15) is 0 Å².